The number of carbonyl (C=O) groups is 1. The van der Waals surface area contributed by atoms with Crippen LogP contribution in [0.2, 0.25) is 0 Å². The summed E-state index contributed by atoms with van der Waals surface area (Å²) in [6.07, 6.45) is 3.26. The SMILES string of the molecule is Cc1ccc(=O)n(CC(=O)Nc2cnn(-c3ccccc3)c2)n1. The van der Waals surface area contributed by atoms with E-state index in [4.69, 9.17) is 0 Å². The quantitative estimate of drug-likeness (QED) is 0.789. The van der Waals surface area contributed by atoms with E-state index in [1.54, 1.807) is 30.1 Å². The molecule has 2 aromatic heterocycles. The Morgan fingerprint density at radius 1 is 1.17 bits per heavy atom. The van der Waals surface area contributed by atoms with Crippen LogP contribution in [0, 0.1) is 6.92 Å². The van der Waals surface area contributed by atoms with E-state index in [-0.39, 0.29) is 18.0 Å². The summed E-state index contributed by atoms with van der Waals surface area (Å²) in [5.41, 5.74) is 1.81. The lowest BCUT2D eigenvalue weighted by atomic mass is 10.3. The fraction of sp³-hybridized carbons (Fsp3) is 0.125. The molecule has 0 aliphatic rings. The number of amides is 1. The van der Waals surface area contributed by atoms with Gasteiger partial charge in [-0.25, -0.2) is 9.36 Å². The minimum atomic E-state index is -0.335. The van der Waals surface area contributed by atoms with E-state index in [2.05, 4.69) is 15.5 Å². The molecule has 116 valence electrons. The Kier molecular flexibility index (Phi) is 4.01. The predicted octanol–water partition coefficient (Wildman–Crippen LogP) is 1.38. The second-order valence-electron chi connectivity index (χ2n) is 5.03. The van der Waals surface area contributed by atoms with Crippen molar-refractivity contribution in [3.63, 3.8) is 0 Å². The van der Waals surface area contributed by atoms with E-state index in [9.17, 15) is 9.59 Å². The van der Waals surface area contributed by atoms with Crippen LogP contribution in [0.25, 0.3) is 5.69 Å². The normalized spacial score (nSPS) is 10.5. The number of anilines is 1. The van der Waals surface area contributed by atoms with Crippen LogP contribution in [-0.4, -0.2) is 25.5 Å². The first-order chi connectivity index (χ1) is 11.1. The molecule has 3 rings (SSSR count). The van der Waals surface area contributed by atoms with Gasteiger partial charge in [-0.15, -0.1) is 0 Å². The van der Waals surface area contributed by atoms with E-state index in [0.717, 1.165) is 10.4 Å². The van der Waals surface area contributed by atoms with Crippen LogP contribution in [0.5, 0.6) is 0 Å². The van der Waals surface area contributed by atoms with Crippen molar-refractivity contribution in [1.29, 1.82) is 0 Å². The summed E-state index contributed by atoms with van der Waals surface area (Å²) in [6, 6.07) is 12.6. The molecule has 3 aromatic rings. The molecular weight excluding hydrogens is 294 g/mol. The van der Waals surface area contributed by atoms with E-state index in [0.29, 0.717) is 11.4 Å². The maximum atomic E-state index is 12.0. The van der Waals surface area contributed by atoms with Gasteiger partial charge in [0, 0.05) is 6.07 Å². The minimum Gasteiger partial charge on any atom is -0.322 e. The highest BCUT2D eigenvalue weighted by Crippen LogP contribution is 2.11. The van der Waals surface area contributed by atoms with Gasteiger partial charge in [0.1, 0.15) is 6.54 Å². The van der Waals surface area contributed by atoms with Gasteiger partial charge in [0.25, 0.3) is 5.56 Å². The number of hydrogen-bond donors (Lipinski definition) is 1. The van der Waals surface area contributed by atoms with E-state index in [1.165, 1.54) is 6.07 Å². The van der Waals surface area contributed by atoms with Crippen molar-refractivity contribution in [2.45, 2.75) is 13.5 Å². The summed E-state index contributed by atoms with van der Waals surface area (Å²) < 4.78 is 2.79. The Morgan fingerprint density at radius 2 is 1.96 bits per heavy atom. The number of carbonyl (C=O) groups excluding carboxylic acids is 1. The van der Waals surface area contributed by atoms with Gasteiger partial charge in [-0.2, -0.15) is 10.2 Å². The molecule has 23 heavy (non-hydrogen) atoms. The lowest BCUT2D eigenvalue weighted by Crippen LogP contribution is -2.29. The lowest BCUT2D eigenvalue weighted by molar-refractivity contribution is -0.117. The van der Waals surface area contributed by atoms with Gasteiger partial charge >= 0.3 is 0 Å². The largest absolute Gasteiger partial charge is 0.322 e. The molecule has 1 aromatic carbocycles. The molecule has 0 saturated heterocycles. The second-order valence-corrected chi connectivity index (χ2v) is 5.03. The van der Waals surface area contributed by atoms with Crippen LogP contribution in [0.15, 0.2) is 59.7 Å². The molecule has 0 atom stereocenters. The summed E-state index contributed by atoms with van der Waals surface area (Å²) >= 11 is 0. The van der Waals surface area contributed by atoms with Gasteiger partial charge in [-0.1, -0.05) is 18.2 Å². The molecule has 0 unspecified atom stereocenters. The van der Waals surface area contributed by atoms with Crippen LogP contribution < -0.4 is 10.9 Å². The molecule has 7 nitrogen and oxygen atoms in total. The van der Waals surface area contributed by atoms with Crippen molar-refractivity contribution in [2.75, 3.05) is 5.32 Å². The Labute approximate surface area is 132 Å². The third kappa shape index (κ3) is 3.52. The molecular formula is C16H15N5O2. The average Bonchev–Trinajstić information content (AvgIpc) is 3.00. The second kappa shape index (κ2) is 6.27. The first kappa shape index (κ1) is 14.7. The monoisotopic (exact) mass is 309 g/mol. The van der Waals surface area contributed by atoms with Gasteiger partial charge in [-0.3, -0.25) is 9.59 Å². The van der Waals surface area contributed by atoms with E-state index >= 15 is 0 Å². The summed E-state index contributed by atoms with van der Waals surface area (Å²) in [5.74, 6) is -0.335. The Bertz CT molecular complexity index is 883. The number of rotatable bonds is 4. The number of aromatic nitrogens is 4. The van der Waals surface area contributed by atoms with E-state index < -0.39 is 0 Å². The van der Waals surface area contributed by atoms with Gasteiger partial charge in [0.05, 0.1) is 29.5 Å². The minimum absolute atomic E-state index is 0.142. The maximum absolute atomic E-state index is 12.0. The fourth-order valence-electron chi connectivity index (χ4n) is 2.11. The number of nitrogens with zero attached hydrogens (tertiary/aromatic N) is 4. The summed E-state index contributed by atoms with van der Waals surface area (Å²) in [6.45, 7) is 1.62. The fourth-order valence-corrected chi connectivity index (χ4v) is 2.11. The zero-order chi connectivity index (χ0) is 16.2. The summed E-state index contributed by atoms with van der Waals surface area (Å²) in [4.78, 5) is 23.7. The zero-order valence-electron chi connectivity index (χ0n) is 12.5. The average molecular weight is 309 g/mol. The molecule has 2 heterocycles. The van der Waals surface area contributed by atoms with Crippen molar-refractivity contribution < 1.29 is 4.79 Å². The summed E-state index contributed by atoms with van der Waals surface area (Å²) in [7, 11) is 0. The van der Waals surface area contributed by atoms with Crippen LogP contribution in [0.3, 0.4) is 0 Å². The molecule has 1 amide bonds. The van der Waals surface area contributed by atoms with Crippen LogP contribution >= 0.6 is 0 Å². The van der Waals surface area contributed by atoms with Gasteiger partial charge in [-0.05, 0) is 25.1 Å². The van der Waals surface area contributed by atoms with Crippen molar-refractivity contribution in [2.24, 2.45) is 0 Å². The van der Waals surface area contributed by atoms with Crippen molar-refractivity contribution in [3.05, 3.63) is 70.9 Å². The van der Waals surface area contributed by atoms with Crippen molar-refractivity contribution in [3.8, 4) is 5.69 Å². The van der Waals surface area contributed by atoms with Crippen LogP contribution in [0.4, 0.5) is 5.69 Å². The third-order valence-corrected chi connectivity index (χ3v) is 3.18. The van der Waals surface area contributed by atoms with Crippen molar-refractivity contribution in [1.82, 2.24) is 19.6 Å². The summed E-state index contributed by atoms with van der Waals surface area (Å²) in [5, 5.41) is 10.9. The first-order valence-electron chi connectivity index (χ1n) is 7.06. The number of hydrogen-bond acceptors (Lipinski definition) is 4. The molecule has 0 aliphatic heterocycles. The highest BCUT2D eigenvalue weighted by atomic mass is 16.2. The molecule has 0 aliphatic carbocycles. The number of benzene rings is 1. The topological polar surface area (TPSA) is 81.8 Å². The molecule has 1 N–H and O–H groups in total. The molecule has 0 spiro atoms. The molecule has 0 fully saturated rings. The first-order valence-corrected chi connectivity index (χ1v) is 7.06. The lowest BCUT2D eigenvalue weighted by Gasteiger charge is -2.05. The maximum Gasteiger partial charge on any atom is 0.267 e. The van der Waals surface area contributed by atoms with Gasteiger partial charge in [0.2, 0.25) is 5.91 Å². The van der Waals surface area contributed by atoms with Crippen LogP contribution in [-0.2, 0) is 11.3 Å². The molecule has 0 radical (unpaired) electrons. The zero-order valence-corrected chi connectivity index (χ0v) is 12.5. The molecule has 0 saturated carbocycles. The van der Waals surface area contributed by atoms with Gasteiger partial charge in [0.15, 0.2) is 0 Å². The number of nitrogens with one attached hydrogen (secondary N) is 1. The van der Waals surface area contributed by atoms with Crippen LogP contribution in [0.1, 0.15) is 5.69 Å². The Balaban J connectivity index is 1.70. The number of para-hydroxylation sites is 1. The predicted molar refractivity (Wildman–Crippen MR) is 85.4 cm³/mol. The molecule has 0 bridgehead atoms. The van der Waals surface area contributed by atoms with Gasteiger partial charge < -0.3 is 5.32 Å². The highest BCUT2D eigenvalue weighted by Gasteiger charge is 2.08. The smallest absolute Gasteiger partial charge is 0.267 e. The molecule has 7 heteroatoms. The Morgan fingerprint density at radius 3 is 2.74 bits per heavy atom. The Hall–Kier alpha value is -3.22. The third-order valence-electron chi connectivity index (χ3n) is 3.18. The number of aryl methyl sites for hydroxylation is 1. The highest BCUT2D eigenvalue weighted by molar-refractivity contribution is 5.90. The van der Waals surface area contributed by atoms with Crippen molar-refractivity contribution >= 4 is 11.6 Å². The van der Waals surface area contributed by atoms with E-state index in [1.807, 2.05) is 30.3 Å². The standard InChI is InChI=1S/C16H15N5O2/c1-12-7-8-16(23)21(19-12)11-15(22)18-13-9-17-20(10-13)14-5-3-2-4-6-14/h2-10H,11H2,1H3,(H,18,22).